The second kappa shape index (κ2) is 8.58. The number of aliphatic hydroxyl groups is 1. The van der Waals surface area contributed by atoms with E-state index in [0.717, 1.165) is 17.5 Å². The van der Waals surface area contributed by atoms with Gasteiger partial charge < -0.3 is 20.6 Å². The number of hydrogen-bond donors (Lipinski definition) is 3. The van der Waals surface area contributed by atoms with Gasteiger partial charge in [0.15, 0.2) is 11.5 Å². The van der Waals surface area contributed by atoms with Crippen LogP contribution in [0.1, 0.15) is 27.9 Å². The molecule has 0 aliphatic carbocycles. The van der Waals surface area contributed by atoms with Gasteiger partial charge in [-0.05, 0) is 24.3 Å². The second-order valence-electron chi connectivity index (χ2n) is 6.82. The number of nitrogens with zero attached hydrogens (tertiary/aromatic N) is 2. The van der Waals surface area contributed by atoms with Crippen LogP contribution in [0.4, 0.5) is 8.78 Å². The molecule has 0 aliphatic heterocycles. The summed E-state index contributed by atoms with van der Waals surface area (Å²) < 4.78 is 32.7. The minimum atomic E-state index is -0.988. The number of nitrogens with one attached hydrogen (secondary N) is 1. The van der Waals surface area contributed by atoms with Crippen LogP contribution in [0.25, 0.3) is 22.4 Å². The first-order chi connectivity index (χ1) is 15.0. The normalized spacial score (nSPS) is 12.1. The van der Waals surface area contributed by atoms with Crippen molar-refractivity contribution >= 4 is 16.8 Å². The molecule has 2 aromatic heterocycles. The summed E-state index contributed by atoms with van der Waals surface area (Å²) in [5.74, 6) is -2.03. The van der Waals surface area contributed by atoms with E-state index < -0.39 is 30.2 Å². The van der Waals surface area contributed by atoms with Gasteiger partial charge in [-0.1, -0.05) is 18.2 Å². The molecule has 0 aliphatic rings. The van der Waals surface area contributed by atoms with E-state index in [1.165, 1.54) is 6.07 Å². The average molecular weight is 424 g/mol. The number of rotatable bonds is 6. The first-order valence-corrected chi connectivity index (χ1v) is 9.41. The number of hydrogen-bond acceptors (Lipinski definition) is 6. The highest BCUT2D eigenvalue weighted by Crippen LogP contribution is 2.30. The van der Waals surface area contributed by atoms with Crippen LogP contribution in [0.2, 0.25) is 0 Å². The Morgan fingerprint density at radius 3 is 2.81 bits per heavy atom. The van der Waals surface area contributed by atoms with Gasteiger partial charge in [0.25, 0.3) is 5.91 Å². The summed E-state index contributed by atoms with van der Waals surface area (Å²) in [6.45, 7) is -0.669. The fourth-order valence-electron chi connectivity index (χ4n) is 3.16. The summed E-state index contributed by atoms with van der Waals surface area (Å²) in [5, 5.41) is 12.8. The van der Waals surface area contributed by atoms with Crippen LogP contribution < -0.4 is 11.1 Å². The zero-order chi connectivity index (χ0) is 22.0. The monoisotopic (exact) mass is 424 g/mol. The third-order valence-corrected chi connectivity index (χ3v) is 4.73. The third-order valence-electron chi connectivity index (χ3n) is 4.73. The Morgan fingerprint density at radius 1 is 1.19 bits per heavy atom. The van der Waals surface area contributed by atoms with Gasteiger partial charge in [0.1, 0.15) is 11.6 Å². The van der Waals surface area contributed by atoms with Crippen LogP contribution in [0.3, 0.4) is 0 Å². The van der Waals surface area contributed by atoms with Crippen molar-refractivity contribution in [3.63, 3.8) is 0 Å². The number of fused-ring (bicyclic) bond motifs is 1. The number of oxazole rings is 1. The van der Waals surface area contributed by atoms with Gasteiger partial charge in [-0.2, -0.15) is 0 Å². The molecule has 0 unspecified atom stereocenters. The van der Waals surface area contributed by atoms with Gasteiger partial charge in [0, 0.05) is 35.3 Å². The molecule has 31 heavy (non-hydrogen) atoms. The number of nitrogens with two attached hydrogens (primary N) is 1. The molecule has 2 heterocycles. The quantitative estimate of drug-likeness (QED) is 0.438. The van der Waals surface area contributed by atoms with Crippen molar-refractivity contribution in [1.29, 1.82) is 0 Å². The molecule has 1 atom stereocenters. The number of halogens is 2. The molecule has 4 N–H and O–H groups in total. The Balaban J connectivity index is 1.68. The molecular formula is C22H18F2N4O3. The minimum Gasteiger partial charge on any atom is -0.439 e. The minimum absolute atomic E-state index is 0.00419. The largest absolute Gasteiger partial charge is 0.439 e. The van der Waals surface area contributed by atoms with Gasteiger partial charge >= 0.3 is 0 Å². The van der Waals surface area contributed by atoms with E-state index in [2.05, 4.69) is 15.3 Å². The molecule has 158 valence electrons. The van der Waals surface area contributed by atoms with Crippen molar-refractivity contribution < 1.29 is 23.1 Å². The fourth-order valence-corrected chi connectivity index (χ4v) is 3.16. The maximum atomic E-state index is 13.9. The molecule has 2 aromatic carbocycles. The van der Waals surface area contributed by atoms with E-state index in [-0.39, 0.29) is 29.5 Å². The standard InChI is InChI=1S/C22H18F2N4O3/c23-13-7-6-12(16(24)9-13)10-27-21(30)19-20(17(25)11-29)31-22(28-19)15-3-1-5-18-14(15)4-2-8-26-18/h1-9,17,29H,10-11,25H2,(H,27,30)/t17-/m0/s1. The van der Waals surface area contributed by atoms with E-state index in [4.69, 9.17) is 10.2 Å². The molecule has 0 bridgehead atoms. The Bertz CT molecular complexity index is 1250. The number of aromatic nitrogens is 2. The predicted octanol–water partition coefficient (Wildman–Crippen LogP) is 3.09. The lowest BCUT2D eigenvalue weighted by atomic mass is 10.1. The summed E-state index contributed by atoms with van der Waals surface area (Å²) in [6, 6.07) is 11.0. The predicted molar refractivity (Wildman–Crippen MR) is 109 cm³/mol. The van der Waals surface area contributed by atoms with Crippen LogP contribution in [0, 0.1) is 11.6 Å². The Morgan fingerprint density at radius 2 is 2.03 bits per heavy atom. The van der Waals surface area contributed by atoms with Gasteiger partial charge in [0.2, 0.25) is 5.89 Å². The fraction of sp³-hybridized carbons (Fsp3) is 0.136. The highest BCUT2D eigenvalue weighted by atomic mass is 19.1. The molecule has 4 rings (SSSR count). The highest BCUT2D eigenvalue weighted by molar-refractivity contribution is 5.96. The molecular weight excluding hydrogens is 406 g/mol. The first kappa shape index (κ1) is 20.6. The summed E-state index contributed by atoms with van der Waals surface area (Å²) in [4.78, 5) is 21.3. The average Bonchev–Trinajstić information content (AvgIpc) is 3.23. The number of carbonyl (C=O) groups excluding carboxylic acids is 1. The molecule has 7 nitrogen and oxygen atoms in total. The summed E-state index contributed by atoms with van der Waals surface area (Å²) in [6.07, 6.45) is 1.65. The second-order valence-corrected chi connectivity index (χ2v) is 6.82. The lowest BCUT2D eigenvalue weighted by Gasteiger charge is -2.08. The lowest BCUT2D eigenvalue weighted by molar-refractivity contribution is 0.0942. The van der Waals surface area contributed by atoms with Gasteiger partial charge in [-0.15, -0.1) is 0 Å². The van der Waals surface area contributed by atoms with Crippen LogP contribution >= 0.6 is 0 Å². The topological polar surface area (TPSA) is 114 Å². The number of carbonyl (C=O) groups is 1. The van der Waals surface area contributed by atoms with Crippen molar-refractivity contribution in [3.05, 3.63) is 83.4 Å². The lowest BCUT2D eigenvalue weighted by Crippen LogP contribution is -2.26. The molecule has 9 heteroatoms. The molecule has 0 spiro atoms. The number of benzene rings is 2. The molecule has 4 aromatic rings. The summed E-state index contributed by atoms with van der Waals surface area (Å²) in [5.41, 5.74) is 7.20. The highest BCUT2D eigenvalue weighted by Gasteiger charge is 2.25. The third kappa shape index (κ3) is 4.14. The van der Waals surface area contributed by atoms with Gasteiger partial charge in [0.05, 0.1) is 18.2 Å². The zero-order valence-corrected chi connectivity index (χ0v) is 16.2. The Kier molecular flexibility index (Phi) is 5.70. The Labute approximate surface area is 175 Å². The van der Waals surface area contributed by atoms with Crippen LogP contribution in [0.15, 0.2) is 59.1 Å². The van der Waals surface area contributed by atoms with E-state index in [1.807, 2.05) is 12.1 Å². The van der Waals surface area contributed by atoms with Crippen molar-refractivity contribution in [3.8, 4) is 11.5 Å². The van der Waals surface area contributed by atoms with E-state index in [0.29, 0.717) is 11.1 Å². The maximum Gasteiger partial charge on any atom is 0.273 e. The van der Waals surface area contributed by atoms with Crippen LogP contribution in [-0.2, 0) is 6.54 Å². The molecule has 0 fully saturated rings. The number of amides is 1. The number of pyridine rings is 1. The van der Waals surface area contributed by atoms with Crippen molar-refractivity contribution in [2.75, 3.05) is 6.61 Å². The van der Waals surface area contributed by atoms with Gasteiger partial charge in [-0.3, -0.25) is 9.78 Å². The molecule has 0 saturated heterocycles. The van der Waals surface area contributed by atoms with Crippen LogP contribution in [-0.4, -0.2) is 27.6 Å². The molecule has 1 amide bonds. The SMILES string of the molecule is N[C@@H](CO)c1oc(-c2cccc3ncccc23)nc1C(=O)NCc1ccc(F)cc1F. The Hall–Kier alpha value is -3.69. The summed E-state index contributed by atoms with van der Waals surface area (Å²) >= 11 is 0. The molecule has 0 radical (unpaired) electrons. The first-order valence-electron chi connectivity index (χ1n) is 9.41. The van der Waals surface area contributed by atoms with Crippen molar-refractivity contribution in [2.24, 2.45) is 5.73 Å². The van der Waals surface area contributed by atoms with Crippen molar-refractivity contribution in [2.45, 2.75) is 12.6 Å². The number of aliphatic hydroxyl groups excluding tert-OH is 1. The van der Waals surface area contributed by atoms with E-state index in [1.54, 1.807) is 24.4 Å². The zero-order valence-electron chi connectivity index (χ0n) is 16.2. The smallest absolute Gasteiger partial charge is 0.273 e. The van der Waals surface area contributed by atoms with E-state index >= 15 is 0 Å². The maximum absolute atomic E-state index is 13.9. The van der Waals surface area contributed by atoms with E-state index in [9.17, 15) is 18.7 Å². The van der Waals surface area contributed by atoms with Crippen LogP contribution in [0.5, 0.6) is 0 Å². The van der Waals surface area contributed by atoms with Crippen molar-refractivity contribution in [1.82, 2.24) is 15.3 Å². The summed E-state index contributed by atoms with van der Waals surface area (Å²) in [7, 11) is 0. The van der Waals surface area contributed by atoms with Gasteiger partial charge in [-0.25, -0.2) is 13.8 Å². The molecule has 0 saturated carbocycles.